The normalized spacial score (nSPS) is 16.0. The average molecular weight is 428 g/mol. The summed E-state index contributed by atoms with van der Waals surface area (Å²) in [4.78, 5) is 18.3. The van der Waals surface area contributed by atoms with Crippen LogP contribution in [0.2, 0.25) is 0 Å². The van der Waals surface area contributed by atoms with Gasteiger partial charge in [-0.15, -0.1) is 0 Å². The summed E-state index contributed by atoms with van der Waals surface area (Å²) in [5.41, 5.74) is -2.82. The molecule has 2 aromatic rings. The Bertz CT molecular complexity index is 959. The third-order valence-corrected chi connectivity index (χ3v) is 4.64. The Labute approximate surface area is 169 Å². The monoisotopic (exact) mass is 428 g/mol. The van der Waals surface area contributed by atoms with Crippen LogP contribution in [0, 0.1) is 5.92 Å². The van der Waals surface area contributed by atoms with Gasteiger partial charge < -0.3 is 4.90 Å². The zero-order valence-corrected chi connectivity index (χ0v) is 16.1. The summed E-state index contributed by atoms with van der Waals surface area (Å²) in [5.74, 6) is -0.258. The topological polar surface area (TPSA) is 32.7 Å². The van der Waals surface area contributed by atoms with Crippen LogP contribution in [0.15, 0.2) is 47.5 Å². The van der Waals surface area contributed by atoms with Crippen LogP contribution in [-0.4, -0.2) is 18.2 Å². The Morgan fingerprint density at radius 1 is 0.933 bits per heavy atom. The van der Waals surface area contributed by atoms with E-state index in [4.69, 9.17) is 0 Å². The number of alkyl halides is 6. The van der Waals surface area contributed by atoms with E-state index in [0.717, 1.165) is 0 Å². The van der Waals surface area contributed by atoms with Crippen molar-refractivity contribution in [2.75, 3.05) is 11.4 Å². The van der Waals surface area contributed by atoms with Crippen LogP contribution in [0.1, 0.15) is 37.0 Å². The van der Waals surface area contributed by atoms with Gasteiger partial charge in [0, 0.05) is 12.1 Å². The molecule has 0 saturated heterocycles. The van der Waals surface area contributed by atoms with Crippen molar-refractivity contribution in [2.45, 2.75) is 32.6 Å². The predicted octanol–water partition coefficient (Wildman–Crippen LogP) is 6.24. The van der Waals surface area contributed by atoms with Crippen molar-refractivity contribution in [3.8, 4) is 0 Å². The molecule has 160 valence electrons. The molecule has 0 bridgehead atoms. The molecular weight excluding hydrogens is 410 g/mol. The third-order valence-electron chi connectivity index (χ3n) is 4.64. The number of hydrogen-bond donors (Lipinski definition) is 0. The van der Waals surface area contributed by atoms with E-state index in [1.165, 1.54) is 4.90 Å². The number of para-hydroxylation sites is 1. The maximum Gasteiger partial charge on any atom is 0.416 e. The fraction of sp³-hybridized carbons (Fsp3) is 0.333. The van der Waals surface area contributed by atoms with E-state index in [9.17, 15) is 31.1 Å². The summed E-state index contributed by atoms with van der Waals surface area (Å²) >= 11 is 0. The van der Waals surface area contributed by atoms with Gasteiger partial charge in [0.15, 0.2) is 0 Å². The summed E-state index contributed by atoms with van der Waals surface area (Å²) < 4.78 is 78.7. The Morgan fingerprint density at radius 2 is 1.50 bits per heavy atom. The van der Waals surface area contributed by atoms with E-state index in [1.807, 2.05) is 13.8 Å². The van der Waals surface area contributed by atoms with Crippen LogP contribution >= 0.6 is 0 Å². The van der Waals surface area contributed by atoms with E-state index in [0.29, 0.717) is 42.3 Å². The summed E-state index contributed by atoms with van der Waals surface area (Å²) in [6.45, 7) is 4.31. The highest BCUT2D eigenvalue weighted by Crippen LogP contribution is 2.39. The van der Waals surface area contributed by atoms with Gasteiger partial charge in [-0.25, -0.2) is 4.99 Å². The molecule has 3 nitrogen and oxygen atoms in total. The Kier molecular flexibility index (Phi) is 5.66. The fourth-order valence-corrected chi connectivity index (χ4v) is 3.11. The Morgan fingerprint density at radius 3 is 2.03 bits per heavy atom. The number of halogens is 6. The van der Waals surface area contributed by atoms with Crippen LogP contribution in [0.25, 0.3) is 0 Å². The lowest BCUT2D eigenvalue weighted by molar-refractivity contribution is -0.143. The lowest BCUT2D eigenvalue weighted by atomic mass is 10.1. The first kappa shape index (κ1) is 21.9. The lowest BCUT2D eigenvalue weighted by Gasteiger charge is -2.17. The molecule has 30 heavy (non-hydrogen) atoms. The number of amides is 1. The van der Waals surface area contributed by atoms with E-state index in [2.05, 4.69) is 4.99 Å². The number of benzene rings is 2. The van der Waals surface area contributed by atoms with Crippen LogP contribution in [0.4, 0.5) is 37.7 Å². The molecule has 0 fully saturated rings. The molecule has 0 aliphatic carbocycles. The van der Waals surface area contributed by atoms with Gasteiger partial charge in [-0.3, -0.25) is 4.79 Å². The highest BCUT2D eigenvalue weighted by Gasteiger charge is 2.38. The molecule has 1 aliphatic rings. The molecule has 1 heterocycles. The van der Waals surface area contributed by atoms with E-state index in [-0.39, 0.29) is 11.8 Å². The van der Waals surface area contributed by atoms with Crippen molar-refractivity contribution < 1.29 is 31.1 Å². The standard InChI is InChI=1S/C21H18F6N2O/c1-12(2)7-8-29-17-6-4-3-5-16(17)18(19(29)30)28-15-10-13(20(22,23)24)9-14(11-15)21(25,26)27/h3-6,9-12H,7-8H2,1-2H3. The lowest BCUT2D eigenvalue weighted by Crippen LogP contribution is -2.31. The summed E-state index contributed by atoms with van der Waals surface area (Å²) in [7, 11) is 0. The zero-order valence-electron chi connectivity index (χ0n) is 16.1. The minimum Gasteiger partial charge on any atom is -0.306 e. The number of nitrogens with zero attached hydrogens (tertiary/aromatic N) is 2. The second-order valence-corrected chi connectivity index (χ2v) is 7.38. The van der Waals surface area contributed by atoms with Gasteiger partial charge in [-0.2, -0.15) is 26.3 Å². The van der Waals surface area contributed by atoms with Crippen LogP contribution in [-0.2, 0) is 17.1 Å². The van der Waals surface area contributed by atoms with Gasteiger partial charge in [0.25, 0.3) is 5.91 Å². The first-order chi connectivity index (χ1) is 13.9. The smallest absolute Gasteiger partial charge is 0.306 e. The van der Waals surface area contributed by atoms with Gasteiger partial charge in [-0.1, -0.05) is 32.0 Å². The number of fused-ring (bicyclic) bond motifs is 1. The molecule has 3 rings (SSSR count). The van der Waals surface area contributed by atoms with Gasteiger partial charge in [0.2, 0.25) is 0 Å². The minimum atomic E-state index is -4.99. The average Bonchev–Trinajstić information content (AvgIpc) is 2.90. The predicted molar refractivity (Wildman–Crippen MR) is 101 cm³/mol. The van der Waals surface area contributed by atoms with Crippen molar-refractivity contribution in [3.05, 3.63) is 59.2 Å². The van der Waals surface area contributed by atoms with Gasteiger partial charge >= 0.3 is 12.4 Å². The number of anilines is 1. The molecular formula is C21H18F6N2O. The molecule has 0 N–H and O–H groups in total. The van der Waals surface area contributed by atoms with Crippen molar-refractivity contribution in [3.63, 3.8) is 0 Å². The molecule has 0 unspecified atom stereocenters. The second-order valence-electron chi connectivity index (χ2n) is 7.38. The van der Waals surface area contributed by atoms with Crippen LogP contribution in [0.3, 0.4) is 0 Å². The molecule has 1 aliphatic heterocycles. The number of carbonyl (C=O) groups excluding carboxylic acids is 1. The molecule has 2 aromatic carbocycles. The molecule has 9 heteroatoms. The van der Waals surface area contributed by atoms with Crippen molar-refractivity contribution in [1.82, 2.24) is 0 Å². The Balaban J connectivity index is 2.11. The van der Waals surface area contributed by atoms with E-state index in [1.54, 1.807) is 24.3 Å². The SMILES string of the molecule is CC(C)CCN1C(=O)C(=Nc2cc(C(F)(F)F)cc(C(F)(F)F)c2)c2ccccc21. The quantitative estimate of drug-likeness (QED) is 0.531. The van der Waals surface area contributed by atoms with E-state index >= 15 is 0 Å². The molecule has 0 saturated carbocycles. The maximum absolute atomic E-state index is 13.1. The molecule has 1 amide bonds. The minimum absolute atomic E-state index is 0.0308. The van der Waals surface area contributed by atoms with Crippen LogP contribution in [0.5, 0.6) is 0 Å². The fourth-order valence-electron chi connectivity index (χ4n) is 3.11. The third kappa shape index (κ3) is 4.49. The van der Waals surface area contributed by atoms with Crippen LogP contribution < -0.4 is 4.90 Å². The summed E-state index contributed by atoms with van der Waals surface area (Å²) in [6, 6.07) is 7.61. The Hall–Kier alpha value is -2.84. The number of carbonyl (C=O) groups is 1. The van der Waals surface area contributed by atoms with Gasteiger partial charge in [-0.05, 0) is 36.6 Å². The first-order valence-corrected chi connectivity index (χ1v) is 9.17. The van der Waals surface area contributed by atoms with Gasteiger partial charge in [0.1, 0.15) is 5.71 Å². The first-order valence-electron chi connectivity index (χ1n) is 9.17. The molecule has 0 radical (unpaired) electrons. The molecule has 0 aromatic heterocycles. The number of hydrogen-bond acceptors (Lipinski definition) is 2. The highest BCUT2D eigenvalue weighted by molar-refractivity contribution is 6.54. The molecule has 0 spiro atoms. The van der Waals surface area contributed by atoms with Crippen molar-refractivity contribution in [1.29, 1.82) is 0 Å². The van der Waals surface area contributed by atoms with Crippen molar-refractivity contribution >= 4 is 23.0 Å². The largest absolute Gasteiger partial charge is 0.416 e. The van der Waals surface area contributed by atoms with Crippen molar-refractivity contribution in [2.24, 2.45) is 10.9 Å². The summed E-state index contributed by atoms with van der Waals surface area (Å²) in [6.07, 6.45) is -9.30. The molecule has 0 atom stereocenters. The summed E-state index contributed by atoms with van der Waals surface area (Å²) in [5, 5.41) is 0. The highest BCUT2D eigenvalue weighted by atomic mass is 19.4. The number of aliphatic imine (C=N–C) groups is 1. The maximum atomic E-state index is 13.1. The van der Waals surface area contributed by atoms with Gasteiger partial charge in [0.05, 0.1) is 22.5 Å². The number of rotatable bonds is 4. The van der Waals surface area contributed by atoms with E-state index < -0.39 is 35.1 Å². The second kappa shape index (κ2) is 7.77. The zero-order chi connectivity index (χ0) is 22.3.